The average molecular weight is 239 g/mol. The third-order valence-electron chi connectivity index (χ3n) is 2.14. The first-order chi connectivity index (χ1) is 8.00. The minimum absolute atomic E-state index is 0.0270. The van der Waals surface area contributed by atoms with Crippen LogP contribution in [0.3, 0.4) is 0 Å². The summed E-state index contributed by atoms with van der Waals surface area (Å²) in [4.78, 5) is 35.6. The Balaban J connectivity index is 2.58. The number of rotatable bonds is 6. The highest BCUT2D eigenvalue weighted by Crippen LogP contribution is 2.01. The van der Waals surface area contributed by atoms with Crippen LogP contribution in [0.5, 0.6) is 0 Å². The van der Waals surface area contributed by atoms with Gasteiger partial charge in [-0.05, 0) is 12.5 Å². The highest BCUT2D eigenvalue weighted by Gasteiger charge is 2.21. The molecule has 0 bridgehead atoms. The van der Waals surface area contributed by atoms with E-state index in [0.717, 1.165) is 0 Å². The van der Waals surface area contributed by atoms with E-state index in [1.165, 1.54) is 12.3 Å². The third kappa shape index (κ3) is 3.98. The molecule has 0 aliphatic rings. The van der Waals surface area contributed by atoms with Crippen LogP contribution < -0.4 is 11.1 Å². The Morgan fingerprint density at radius 1 is 1.47 bits per heavy atom. The lowest BCUT2D eigenvalue weighted by Gasteiger charge is -2.12. The molecule has 1 aromatic rings. The number of carboxylic acid groups (broad SMARTS) is 1. The number of nitrogens with two attached hydrogens (primary N) is 1. The van der Waals surface area contributed by atoms with Gasteiger partial charge in [0.05, 0.1) is 5.56 Å². The highest BCUT2D eigenvalue weighted by atomic mass is 16.4. The number of H-pyrrole nitrogens is 1. The van der Waals surface area contributed by atoms with Crippen LogP contribution in [0.15, 0.2) is 18.5 Å². The van der Waals surface area contributed by atoms with E-state index in [9.17, 15) is 14.4 Å². The molecule has 0 spiro atoms. The lowest BCUT2D eigenvalue weighted by atomic mass is 10.1. The van der Waals surface area contributed by atoms with Gasteiger partial charge in [-0.2, -0.15) is 0 Å². The molecular formula is C10H13N3O4. The summed E-state index contributed by atoms with van der Waals surface area (Å²) in [6.07, 6.45) is 2.88. The number of carbonyl (C=O) groups is 3. The summed E-state index contributed by atoms with van der Waals surface area (Å²) in [5, 5.41) is 11.2. The van der Waals surface area contributed by atoms with Gasteiger partial charge in [-0.25, -0.2) is 4.79 Å². The molecule has 0 fully saturated rings. The van der Waals surface area contributed by atoms with Gasteiger partial charge in [-0.15, -0.1) is 0 Å². The molecule has 7 nitrogen and oxygen atoms in total. The Hall–Kier alpha value is -2.31. The number of aromatic nitrogens is 1. The van der Waals surface area contributed by atoms with Gasteiger partial charge in [0.25, 0.3) is 5.91 Å². The number of amides is 2. The molecule has 92 valence electrons. The third-order valence-corrected chi connectivity index (χ3v) is 2.14. The van der Waals surface area contributed by atoms with Crippen molar-refractivity contribution in [2.24, 2.45) is 5.73 Å². The number of aliphatic carboxylic acids is 1. The lowest BCUT2D eigenvalue weighted by Crippen LogP contribution is -2.41. The summed E-state index contributed by atoms with van der Waals surface area (Å²) in [5.74, 6) is -2.31. The van der Waals surface area contributed by atoms with Crippen LogP contribution in [0, 0.1) is 0 Å². The molecule has 0 saturated heterocycles. The van der Waals surface area contributed by atoms with Crippen LogP contribution in [-0.4, -0.2) is 33.9 Å². The summed E-state index contributed by atoms with van der Waals surface area (Å²) >= 11 is 0. The fourth-order valence-electron chi connectivity index (χ4n) is 1.25. The Morgan fingerprint density at radius 3 is 2.65 bits per heavy atom. The molecule has 0 radical (unpaired) electrons. The van der Waals surface area contributed by atoms with E-state index in [4.69, 9.17) is 10.8 Å². The van der Waals surface area contributed by atoms with Gasteiger partial charge in [-0.1, -0.05) is 0 Å². The van der Waals surface area contributed by atoms with E-state index in [0.29, 0.717) is 5.56 Å². The molecule has 7 heteroatoms. The number of carboxylic acids is 1. The maximum absolute atomic E-state index is 11.6. The Kier molecular flexibility index (Phi) is 4.27. The van der Waals surface area contributed by atoms with E-state index >= 15 is 0 Å². The van der Waals surface area contributed by atoms with Gasteiger partial charge in [-0.3, -0.25) is 9.59 Å². The van der Waals surface area contributed by atoms with Gasteiger partial charge < -0.3 is 21.1 Å². The maximum atomic E-state index is 11.6. The molecule has 0 aliphatic heterocycles. The molecule has 1 heterocycles. The minimum Gasteiger partial charge on any atom is -0.480 e. The van der Waals surface area contributed by atoms with Gasteiger partial charge in [0.2, 0.25) is 5.91 Å². The van der Waals surface area contributed by atoms with Crippen LogP contribution >= 0.6 is 0 Å². The van der Waals surface area contributed by atoms with Crippen molar-refractivity contribution in [1.29, 1.82) is 0 Å². The molecule has 0 unspecified atom stereocenters. The van der Waals surface area contributed by atoms with Crippen LogP contribution in [-0.2, 0) is 9.59 Å². The quantitative estimate of drug-likeness (QED) is 0.532. The van der Waals surface area contributed by atoms with E-state index in [1.807, 2.05) is 0 Å². The highest BCUT2D eigenvalue weighted by molar-refractivity contribution is 5.96. The zero-order chi connectivity index (χ0) is 12.8. The van der Waals surface area contributed by atoms with Gasteiger partial charge in [0.1, 0.15) is 6.04 Å². The summed E-state index contributed by atoms with van der Waals surface area (Å²) in [6.45, 7) is 0. The standard InChI is InChI=1S/C10H13N3O4/c11-8(14)2-1-7(10(16)17)13-9(15)6-3-4-12-5-6/h3-5,7,12H,1-2H2,(H2,11,14)(H,13,15)(H,16,17)/t7-/m0/s1. The van der Waals surface area contributed by atoms with Crippen molar-refractivity contribution in [2.75, 3.05) is 0 Å². The predicted octanol–water partition coefficient (Wildman–Crippen LogP) is -0.537. The monoisotopic (exact) mass is 239 g/mol. The number of aromatic amines is 1. The van der Waals surface area contributed by atoms with Crippen LogP contribution in [0.25, 0.3) is 0 Å². The van der Waals surface area contributed by atoms with Crippen LogP contribution in [0.1, 0.15) is 23.2 Å². The molecule has 0 aliphatic carbocycles. The van der Waals surface area contributed by atoms with Gasteiger partial charge in [0.15, 0.2) is 0 Å². The minimum atomic E-state index is -1.20. The Bertz CT molecular complexity index is 413. The predicted molar refractivity (Wildman–Crippen MR) is 58.1 cm³/mol. The largest absolute Gasteiger partial charge is 0.480 e. The van der Waals surface area contributed by atoms with Crippen molar-refractivity contribution >= 4 is 17.8 Å². The van der Waals surface area contributed by atoms with Gasteiger partial charge in [0, 0.05) is 18.8 Å². The Morgan fingerprint density at radius 2 is 2.18 bits per heavy atom. The van der Waals surface area contributed by atoms with E-state index in [2.05, 4.69) is 10.3 Å². The molecule has 1 aromatic heterocycles. The van der Waals surface area contributed by atoms with E-state index < -0.39 is 23.8 Å². The van der Waals surface area contributed by atoms with Crippen molar-refractivity contribution in [3.8, 4) is 0 Å². The second-order valence-electron chi connectivity index (χ2n) is 3.47. The van der Waals surface area contributed by atoms with Crippen molar-refractivity contribution in [3.63, 3.8) is 0 Å². The molecule has 5 N–H and O–H groups in total. The first-order valence-corrected chi connectivity index (χ1v) is 4.95. The molecule has 1 atom stereocenters. The molecule has 1 rings (SSSR count). The number of primary amides is 1. The van der Waals surface area contributed by atoms with Crippen molar-refractivity contribution in [1.82, 2.24) is 10.3 Å². The topological polar surface area (TPSA) is 125 Å². The first-order valence-electron chi connectivity index (χ1n) is 4.95. The van der Waals surface area contributed by atoms with E-state index in [-0.39, 0.29) is 12.8 Å². The zero-order valence-electron chi connectivity index (χ0n) is 8.97. The normalized spacial score (nSPS) is 11.8. The fraction of sp³-hybridized carbons (Fsp3) is 0.300. The SMILES string of the molecule is NC(=O)CC[C@H](NC(=O)c1cc[nH]c1)C(=O)O. The number of hydrogen-bond donors (Lipinski definition) is 4. The second kappa shape index (κ2) is 5.69. The second-order valence-corrected chi connectivity index (χ2v) is 3.47. The summed E-state index contributed by atoms with van der Waals surface area (Å²) in [7, 11) is 0. The molecule has 0 saturated carbocycles. The molecule has 17 heavy (non-hydrogen) atoms. The first kappa shape index (κ1) is 12.8. The smallest absolute Gasteiger partial charge is 0.326 e. The zero-order valence-corrected chi connectivity index (χ0v) is 8.97. The van der Waals surface area contributed by atoms with Crippen LogP contribution in [0.4, 0.5) is 0 Å². The van der Waals surface area contributed by atoms with E-state index in [1.54, 1.807) is 6.20 Å². The average Bonchev–Trinajstić information content (AvgIpc) is 2.76. The molecular weight excluding hydrogens is 226 g/mol. The summed E-state index contributed by atoms with van der Waals surface area (Å²) in [6, 6.07) is 0.396. The summed E-state index contributed by atoms with van der Waals surface area (Å²) < 4.78 is 0. The number of nitrogens with one attached hydrogen (secondary N) is 2. The van der Waals surface area contributed by atoms with Crippen molar-refractivity contribution < 1.29 is 19.5 Å². The number of carbonyl (C=O) groups excluding carboxylic acids is 2. The van der Waals surface area contributed by atoms with Crippen molar-refractivity contribution in [3.05, 3.63) is 24.0 Å². The fourth-order valence-corrected chi connectivity index (χ4v) is 1.25. The molecule has 0 aromatic carbocycles. The van der Waals surface area contributed by atoms with Crippen LogP contribution in [0.2, 0.25) is 0 Å². The summed E-state index contributed by atoms with van der Waals surface area (Å²) in [5.41, 5.74) is 5.25. The van der Waals surface area contributed by atoms with Crippen molar-refractivity contribution in [2.45, 2.75) is 18.9 Å². The van der Waals surface area contributed by atoms with Gasteiger partial charge >= 0.3 is 5.97 Å². The lowest BCUT2D eigenvalue weighted by molar-refractivity contribution is -0.139. The maximum Gasteiger partial charge on any atom is 0.326 e. The molecule has 2 amide bonds. The number of hydrogen-bond acceptors (Lipinski definition) is 3. The Labute approximate surface area is 97.0 Å².